The zero-order chi connectivity index (χ0) is 11.2. The third-order valence-electron chi connectivity index (χ3n) is 1.82. The third kappa shape index (κ3) is 2.74. The standard InChI is InChI=1S/C11H10N4S/c12-11(10-5-1-2-6-13-10)15-14-8-9-4-3-7-16-9/h1-8H,(H2,12,15)/b14-8-. The van der Waals surface area contributed by atoms with Crippen molar-refractivity contribution in [1.29, 1.82) is 0 Å². The van der Waals surface area contributed by atoms with E-state index in [1.165, 1.54) is 0 Å². The summed E-state index contributed by atoms with van der Waals surface area (Å²) in [5.41, 5.74) is 6.34. The van der Waals surface area contributed by atoms with Gasteiger partial charge in [0.1, 0.15) is 5.69 Å². The van der Waals surface area contributed by atoms with E-state index in [-0.39, 0.29) is 0 Å². The van der Waals surface area contributed by atoms with Crippen molar-refractivity contribution in [2.75, 3.05) is 0 Å². The molecule has 2 aromatic heterocycles. The highest BCUT2D eigenvalue weighted by Crippen LogP contribution is 2.04. The molecule has 5 heteroatoms. The quantitative estimate of drug-likeness (QED) is 0.497. The molecule has 0 amide bonds. The van der Waals surface area contributed by atoms with Crippen molar-refractivity contribution in [1.82, 2.24) is 4.98 Å². The highest BCUT2D eigenvalue weighted by atomic mass is 32.1. The molecule has 0 saturated carbocycles. The van der Waals surface area contributed by atoms with E-state index < -0.39 is 0 Å². The van der Waals surface area contributed by atoms with Gasteiger partial charge in [-0.1, -0.05) is 12.1 Å². The Morgan fingerprint density at radius 2 is 2.25 bits per heavy atom. The lowest BCUT2D eigenvalue weighted by molar-refractivity contribution is 1.20. The lowest BCUT2D eigenvalue weighted by Gasteiger charge is -1.94. The van der Waals surface area contributed by atoms with Crippen molar-refractivity contribution < 1.29 is 0 Å². The van der Waals surface area contributed by atoms with Crippen molar-refractivity contribution in [3.63, 3.8) is 0 Å². The van der Waals surface area contributed by atoms with E-state index in [0.29, 0.717) is 11.5 Å². The Bertz CT molecular complexity index is 488. The fourth-order valence-electron chi connectivity index (χ4n) is 1.08. The van der Waals surface area contributed by atoms with Crippen LogP contribution in [0, 0.1) is 0 Å². The molecule has 2 N–H and O–H groups in total. The minimum Gasteiger partial charge on any atom is -0.380 e. The molecule has 2 aromatic rings. The van der Waals surface area contributed by atoms with Crippen molar-refractivity contribution in [3.8, 4) is 0 Å². The molecule has 0 unspecified atom stereocenters. The van der Waals surface area contributed by atoms with Crippen molar-refractivity contribution in [2.24, 2.45) is 15.9 Å². The van der Waals surface area contributed by atoms with Crippen LogP contribution in [-0.2, 0) is 0 Å². The van der Waals surface area contributed by atoms with Gasteiger partial charge in [0.25, 0.3) is 0 Å². The fourth-order valence-corrected chi connectivity index (χ4v) is 1.66. The molecule has 2 heterocycles. The molecule has 0 aromatic carbocycles. The summed E-state index contributed by atoms with van der Waals surface area (Å²) in [5, 5.41) is 9.76. The monoisotopic (exact) mass is 230 g/mol. The predicted molar refractivity (Wildman–Crippen MR) is 66.9 cm³/mol. The Kier molecular flexibility index (Phi) is 3.40. The average molecular weight is 230 g/mol. The highest BCUT2D eigenvalue weighted by molar-refractivity contribution is 7.11. The number of amidine groups is 1. The topological polar surface area (TPSA) is 63.6 Å². The predicted octanol–water partition coefficient (Wildman–Crippen LogP) is 1.88. The normalized spacial score (nSPS) is 12.1. The molecule has 80 valence electrons. The van der Waals surface area contributed by atoms with Gasteiger partial charge in [-0.25, -0.2) is 0 Å². The molecular weight excluding hydrogens is 220 g/mol. The molecule has 0 radical (unpaired) electrons. The molecule has 0 aliphatic carbocycles. The molecule has 0 atom stereocenters. The van der Waals surface area contributed by atoms with Gasteiger partial charge >= 0.3 is 0 Å². The molecule has 0 spiro atoms. The van der Waals surface area contributed by atoms with Gasteiger partial charge in [-0.05, 0) is 23.6 Å². The van der Waals surface area contributed by atoms with E-state index in [1.54, 1.807) is 29.8 Å². The summed E-state index contributed by atoms with van der Waals surface area (Å²) in [5.74, 6) is 0.313. The molecule has 2 rings (SSSR count). The first kappa shape index (κ1) is 10.5. The molecule has 0 fully saturated rings. The number of hydrogen-bond acceptors (Lipinski definition) is 4. The van der Waals surface area contributed by atoms with Gasteiger partial charge in [0, 0.05) is 11.1 Å². The lowest BCUT2D eigenvalue weighted by atomic mass is 10.3. The van der Waals surface area contributed by atoms with E-state index >= 15 is 0 Å². The molecule has 0 saturated heterocycles. The third-order valence-corrected chi connectivity index (χ3v) is 2.63. The summed E-state index contributed by atoms with van der Waals surface area (Å²) in [6, 6.07) is 9.39. The second-order valence-electron chi connectivity index (χ2n) is 2.96. The van der Waals surface area contributed by atoms with Crippen LogP contribution in [0.5, 0.6) is 0 Å². The second kappa shape index (κ2) is 5.18. The first-order chi connectivity index (χ1) is 7.86. The Hall–Kier alpha value is -2.01. The average Bonchev–Trinajstić information content (AvgIpc) is 2.83. The molecule has 0 aliphatic rings. The van der Waals surface area contributed by atoms with E-state index in [0.717, 1.165) is 4.88 Å². The van der Waals surface area contributed by atoms with Crippen LogP contribution in [0.1, 0.15) is 10.6 Å². The van der Waals surface area contributed by atoms with Crippen LogP contribution in [0.4, 0.5) is 0 Å². The first-order valence-corrected chi connectivity index (χ1v) is 5.55. The van der Waals surface area contributed by atoms with Gasteiger partial charge in [-0.15, -0.1) is 16.4 Å². The number of aromatic nitrogens is 1. The van der Waals surface area contributed by atoms with Crippen molar-refractivity contribution in [3.05, 3.63) is 52.5 Å². The smallest absolute Gasteiger partial charge is 0.171 e. The summed E-state index contributed by atoms with van der Waals surface area (Å²) in [4.78, 5) is 5.11. The first-order valence-electron chi connectivity index (χ1n) is 4.67. The molecular formula is C11H10N4S. The van der Waals surface area contributed by atoms with Crippen LogP contribution in [0.15, 0.2) is 52.1 Å². The Balaban J connectivity index is 2.08. The molecule has 0 bridgehead atoms. The summed E-state index contributed by atoms with van der Waals surface area (Å²) in [7, 11) is 0. The van der Waals surface area contributed by atoms with Crippen LogP contribution in [-0.4, -0.2) is 17.0 Å². The lowest BCUT2D eigenvalue weighted by Crippen LogP contribution is -2.14. The number of thiophene rings is 1. The number of rotatable bonds is 3. The maximum Gasteiger partial charge on any atom is 0.171 e. The van der Waals surface area contributed by atoms with E-state index in [9.17, 15) is 0 Å². The highest BCUT2D eigenvalue weighted by Gasteiger charge is 1.96. The number of hydrogen-bond donors (Lipinski definition) is 1. The summed E-state index contributed by atoms with van der Waals surface area (Å²) >= 11 is 1.60. The summed E-state index contributed by atoms with van der Waals surface area (Å²) < 4.78 is 0. The minimum atomic E-state index is 0.313. The van der Waals surface area contributed by atoms with Crippen LogP contribution in [0.3, 0.4) is 0 Å². The molecule has 0 aliphatic heterocycles. The Morgan fingerprint density at radius 1 is 1.31 bits per heavy atom. The summed E-state index contributed by atoms with van der Waals surface area (Å²) in [6.07, 6.45) is 3.33. The van der Waals surface area contributed by atoms with Crippen LogP contribution in [0.2, 0.25) is 0 Å². The van der Waals surface area contributed by atoms with Gasteiger partial charge in [-0.2, -0.15) is 5.10 Å². The van der Waals surface area contributed by atoms with Gasteiger partial charge < -0.3 is 5.73 Å². The molecule has 4 nitrogen and oxygen atoms in total. The van der Waals surface area contributed by atoms with E-state index in [2.05, 4.69) is 15.2 Å². The van der Waals surface area contributed by atoms with Crippen molar-refractivity contribution >= 4 is 23.4 Å². The number of nitrogens with two attached hydrogens (primary N) is 1. The minimum absolute atomic E-state index is 0.313. The van der Waals surface area contributed by atoms with Gasteiger partial charge in [0.2, 0.25) is 0 Å². The maximum atomic E-state index is 5.71. The molecule has 16 heavy (non-hydrogen) atoms. The zero-order valence-electron chi connectivity index (χ0n) is 8.45. The van der Waals surface area contributed by atoms with Crippen molar-refractivity contribution in [2.45, 2.75) is 0 Å². The largest absolute Gasteiger partial charge is 0.380 e. The Labute approximate surface area is 97.2 Å². The van der Waals surface area contributed by atoms with Crippen LogP contribution in [0.25, 0.3) is 0 Å². The van der Waals surface area contributed by atoms with E-state index in [4.69, 9.17) is 5.73 Å². The maximum absolute atomic E-state index is 5.71. The second-order valence-corrected chi connectivity index (χ2v) is 3.94. The van der Waals surface area contributed by atoms with Gasteiger partial charge in [0.05, 0.1) is 6.21 Å². The van der Waals surface area contributed by atoms with Crippen LogP contribution < -0.4 is 5.73 Å². The van der Waals surface area contributed by atoms with E-state index in [1.807, 2.05) is 29.6 Å². The summed E-state index contributed by atoms with van der Waals surface area (Å²) in [6.45, 7) is 0. The number of pyridine rings is 1. The SMILES string of the molecule is N/C(=N/N=C\c1cccs1)c1ccccn1. The Morgan fingerprint density at radius 3 is 2.94 bits per heavy atom. The van der Waals surface area contributed by atoms with Gasteiger partial charge in [-0.3, -0.25) is 4.98 Å². The zero-order valence-corrected chi connectivity index (χ0v) is 9.26. The number of nitrogens with zero attached hydrogens (tertiary/aromatic N) is 3. The van der Waals surface area contributed by atoms with Gasteiger partial charge in [0.15, 0.2) is 5.84 Å². The van der Waals surface area contributed by atoms with Crippen LogP contribution >= 0.6 is 11.3 Å². The fraction of sp³-hybridized carbons (Fsp3) is 0.